The largest absolute Gasteiger partial charge is 0.351 e. The third kappa shape index (κ3) is 2.04. The van der Waals surface area contributed by atoms with E-state index in [1.165, 1.54) is 4.31 Å². The lowest BCUT2D eigenvalue weighted by molar-refractivity contribution is 0.445. The van der Waals surface area contributed by atoms with E-state index in [1.54, 1.807) is 12.1 Å². The second-order valence-corrected chi connectivity index (χ2v) is 6.17. The summed E-state index contributed by atoms with van der Waals surface area (Å²) in [7, 11) is -1.41. The SMILES string of the molecule is CCN(CC)S(=O)(=O)c1ccc2c(ccn2C)c1. The minimum atomic E-state index is -3.36. The summed E-state index contributed by atoms with van der Waals surface area (Å²) >= 11 is 0. The van der Waals surface area contributed by atoms with Gasteiger partial charge in [-0.1, -0.05) is 13.8 Å². The molecule has 1 aromatic carbocycles. The van der Waals surface area contributed by atoms with Gasteiger partial charge in [-0.15, -0.1) is 0 Å². The van der Waals surface area contributed by atoms with Gasteiger partial charge in [0.05, 0.1) is 4.90 Å². The first kappa shape index (κ1) is 13.1. The van der Waals surface area contributed by atoms with E-state index in [4.69, 9.17) is 0 Å². The van der Waals surface area contributed by atoms with Crippen molar-refractivity contribution < 1.29 is 8.42 Å². The predicted octanol–water partition coefficient (Wildman–Crippen LogP) is 2.21. The molecule has 5 heteroatoms. The first-order valence-corrected chi connectivity index (χ1v) is 7.50. The van der Waals surface area contributed by atoms with E-state index in [2.05, 4.69) is 0 Å². The van der Waals surface area contributed by atoms with Gasteiger partial charge in [0.15, 0.2) is 0 Å². The van der Waals surface area contributed by atoms with E-state index in [9.17, 15) is 8.42 Å². The number of hydrogen-bond donors (Lipinski definition) is 0. The first-order chi connectivity index (χ1) is 8.50. The van der Waals surface area contributed by atoms with Gasteiger partial charge in [-0.2, -0.15) is 4.31 Å². The molecule has 0 radical (unpaired) electrons. The Bertz CT molecular complexity index is 655. The third-order valence-corrected chi connectivity index (χ3v) is 5.25. The Morgan fingerprint density at radius 3 is 2.44 bits per heavy atom. The number of sulfonamides is 1. The van der Waals surface area contributed by atoms with Gasteiger partial charge < -0.3 is 4.57 Å². The molecule has 98 valence electrons. The number of benzene rings is 1. The molecule has 4 nitrogen and oxygen atoms in total. The molecule has 0 aliphatic carbocycles. The fourth-order valence-electron chi connectivity index (χ4n) is 2.13. The van der Waals surface area contributed by atoms with Crippen molar-refractivity contribution in [2.75, 3.05) is 13.1 Å². The van der Waals surface area contributed by atoms with Crippen LogP contribution in [0.2, 0.25) is 0 Å². The highest BCUT2D eigenvalue weighted by Crippen LogP contribution is 2.22. The summed E-state index contributed by atoms with van der Waals surface area (Å²) < 4.78 is 28.2. The van der Waals surface area contributed by atoms with E-state index in [0.717, 1.165) is 10.9 Å². The Kier molecular flexibility index (Phi) is 3.45. The number of aryl methyl sites for hydroxylation is 1. The van der Waals surface area contributed by atoms with Gasteiger partial charge in [0.25, 0.3) is 0 Å². The van der Waals surface area contributed by atoms with Crippen LogP contribution >= 0.6 is 0 Å². The number of hydrogen-bond acceptors (Lipinski definition) is 2. The van der Waals surface area contributed by atoms with Gasteiger partial charge in [-0.05, 0) is 24.3 Å². The molecule has 2 rings (SSSR count). The van der Waals surface area contributed by atoms with Crippen molar-refractivity contribution in [1.82, 2.24) is 8.87 Å². The molecule has 0 saturated heterocycles. The average Bonchev–Trinajstić information content (AvgIpc) is 2.72. The topological polar surface area (TPSA) is 42.3 Å². The van der Waals surface area contributed by atoms with Gasteiger partial charge in [0.2, 0.25) is 10.0 Å². The van der Waals surface area contributed by atoms with E-state index >= 15 is 0 Å². The molecular formula is C13H18N2O2S. The summed E-state index contributed by atoms with van der Waals surface area (Å²) in [6, 6.07) is 7.20. The zero-order chi connectivity index (χ0) is 13.3. The highest BCUT2D eigenvalue weighted by atomic mass is 32.2. The maximum Gasteiger partial charge on any atom is 0.243 e. The van der Waals surface area contributed by atoms with Crippen LogP contribution < -0.4 is 0 Å². The maximum absolute atomic E-state index is 12.4. The van der Waals surface area contributed by atoms with Crippen molar-refractivity contribution in [3.63, 3.8) is 0 Å². The highest BCUT2D eigenvalue weighted by molar-refractivity contribution is 7.89. The molecular weight excluding hydrogens is 248 g/mol. The fraction of sp³-hybridized carbons (Fsp3) is 0.385. The highest BCUT2D eigenvalue weighted by Gasteiger charge is 2.21. The third-order valence-electron chi connectivity index (χ3n) is 3.20. The summed E-state index contributed by atoms with van der Waals surface area (Å²) in [5, 5.41) is 0.950. The smallest absolute Gasteiger partial charge is 0.243 e. The minimum absolute atomic E-state index is 0.366. The zero-order valence-electron chi connectivity index (χ0n) is 10.9. The van der Waals surface area contributed by atoms with Crippen LogP contribution in [0.3, 0.4) is 0 Å². The van der Waals surface area contributed by atoms with Crippen molar-refractivity contribution in [3.8, 4) is 0 Å². The van der Waals surface area contributed by atoms with Crippen LogP contribution in [0.15, 0.2) is 35.4 Å². The Labute approximate surface area is 108 Å². The van der Waals surface area contributed by atoms with E-state index in [-0.39, 0.29) is 0 Å². The predicted molar refractivity (Wildman–Crippen MR) is 73.0 cm³/mol. The second-order valence-electron chi connectivity index (χ2n) is 4.24. The molecule has 18 heavy (non-hydrogen) atoms. The maximum atomic E-state index is 12.4. The molecule has 0 N–H and O–H groups in total. The van der Waals surface area contributed by atoms with Crippen LogP contribution in [0.4, 0.5) is 0 Å². The molecule has 0 aliphatic rings. The second kappa shape index (κ2) is 4.74. The summed E-state index contributed by atoms with van der Waals surface area (Å²) in [4.78, 5) is 0.366. The van der Waals surface area contributed by atoms with Crippen molar-refractivity contribution in [2.24, 2.45) is 7.05 Å². The van der Waals surface area contributed by atoms with Crippen molar-refractivity contribution in [1.29, 1.82) is 0 Å². The van der Waals surface area contributed by atoms with Crippen LogP contribution in [0.1, 0.15) is 13.8 Å². The average molecular weight is 266 g/mol. The Balaban J connectivity index is 2.54. The van der Waals surface area contributed by atoms with Gasteiger partial charge in [-0.25, -0.2) is 8.42 Å². The minimum Gasteiger partial charge on any atom is -0.351 e. The van der Waals surface area contributed by atoms with Crippen LogP contribution in [0.25, 0.3) is 10.9 Å². The van der Waals surface area contributed by atoms with Gasteiger partial charge in [-0.3, -0.25) is 0 Å². The van der Waals surface area contributed by atoms with Crippen LogP contribution in [0, 0.1) is 0 Å². The number of rotatable bonds is 4. The first-order valence-electron chi connectivity index (χ1n) is 6.06. The lowest BCUT2D eigenvalue weighted by Crippen LogP contribution is -2.30. The fourth-order valence-corrected chi connectivity index (χ4v) is 3.63. The Hall–Kier alpha value is -1.33. The molecule has 0 amide bonds. The quantitative estimate of drug-likeness (QED) is 0.851. The van der Waals surface area contributed by atoms with Gasteiger partial charge in [0, 0.05) is 37.2 Å². The lowest BCUT2D eigenvalue weighted by Gasteiger charge is -2.18. The van der Waals surface area contributed by atoms with Gasteiger partial charge >= 0.3 is 0 Å². The van der Waals surface area contributed by atoms with Crippen molar-refractivity contribution >= 4 is 20.9 Å². The number of aromatic nitrogens is 1. The lowest BCUT2D eigenvalue weighted by atomic mass is 10.2. The standard InChI is InChI=1S/C13H18N2O2S/c1-4-15(5-2)18(16,17)12-6-7-13-11(10-12)8-9-14(13)3/h6-10H,4-5H2,1-3H3. The summed E-state index contributed by atoms with van der Waals surface area (Å²) in [6.45, 7) is 4.68. The summed E-state index contributed by atoms with van der Waals surface area (Å²) in [5.41, 5.74) is 1.04. The van der Waals surface area contributed by atoms with Crippen LogP contribution in [-0.2, 0) is 17.1 Å². The molecule has 0 atom stereocenters. The van der Waals surface area contributed by atoms with Crippen molar-refractivity contribution in [3.05, 3.63) is 30.5 Å². The summed E-state index contributed by atoms with van der Waals surface area (Å²) in [6.07, 6.45) is 1.93. The summed E-state index contributed by atoms with van der Waals surface area (Å²) in [5.74, 6) is 0. The van der Waals surface area contributed by atoms with Crippen molar-refractivity contribution in [2.45, 2.75) is 18.7 Å². The molecule has 0 fully saturated rings. The van der Waals surface area contributed by atoms with Crippen LogP contribution in [0.5, 0.6) is 0 Å². The molecule has 0 unspecified atom stereocenters. The zero-order valence-corrected chi connectivity index (χ0v) is 11.7. The molecule has 0 saturated carbocycles. The van der Waals surface area contributed by atoms with E-state index in [1.807, 2.05) is 43.8 Å². The van der Waals surface area contributed by atoms with E-state index < -0.39 is 10.0 Å². The molecule has 1 heterocycles. The monoisotopic (exact) mass is 266 g/mol. The van der Waals surface area contributed by atoms with Crippen LogP contribution in [-0.4, -0.2) is 30.4 Å². The number of nitrogens with zero attached hydrogens (tertiary/aromatic N) is 2. The Morgan fingerprint density at radius 1 is 1.17 bits per heavy atom. The molecule has 0 spiro atoms. The molecule has 2 aromatic rings. The molecule has 0 bridgehead atoms. The normalized spacial score (nSPS) is 12.4. The number of fused-ring (bicyclic) bond motifs is 1. The molecule has 0 aliphatic heterocycles. The van der Waals surface area contributed by atoms with E-state index in [0.29, 0.717) is 18.0 Å². The Morgan fingerprint density at radius 2 is 1.83 bits per heavy atom. The van der Waals surface area contributed by atoms with Gasteiger partial charge in [0.1, 0.15) is 0 Å². The molecule has 1 aromatic heterocycles.